The number of carbonyl (C=O) groups is 2. The van der Waals surface area contributed by atoms with E-state index in [1.807, 2.05) is 0 Å². The van der Waals surface area contributed by atoms with Gasteiger partial charge in [-0.2, -0.15) is 0 Å². The number of benzene rings is 1. The van der Waals surface area contributed by atoms with Gasteiger partial charge in [0.15, 0.2) is 0 Å². The Balaban J connectivity index is 2.78. The Bertz CT molecular complexity index is 348. The van der Waals surface area contributed by atoms with Crippen LogP contribution in [0.5, 0.6) is 0 Å². The zero-order valence-electron chi connectivity index (χ0n) is 7.48. The van der Waals surface area contributed by atoms with Crippen molar-refractivity contribution in [3.05, 3.63) is 29.8 Å². The van der Waals surface area contributed by atoms with E-state index < -0.39 is 11.2 Å². The molecule has 0 aliphatic carbocycles. The molecule has 0 saturated heterocycles. The summed E-state index contributed by atoms with van der Waals surface area (Å²) >= 11 is 3.55. The van der Waals surface area contributed by atoms with E-state index in [1.165, 1.54) is 7.11 Å². The van der Waals surface area contributed by atoms with Gasteiger partial charge >= 0.3 is 5.97 Å². The minimum absolute atomic E-state index is 0.409. The van der Waals surface area contributed by atoms with E-state index in [-0.39, 0.29) is 0 Å². The van der Waals surface area contributed by atoms with Crippen molar-refractivity contribution in [2.45, 2.75) is 0 Å². The highest BCUT2D eigenvalue weighted by atomic mass is 32.1. The maximum Gasteiger partial charge on any atom is 0.337 e. The highest BCUT2D eigenvalue weighted by Gasteiger charge is 2.04. The van der Waals surface area contributed by atoms with Crippen LogP contribution in [0, 0.1) is 0 Å². The molecule has 0 fully saturated rings. The smallest absolute Gasteiger partial charge is 0.337 e. The van der Waals surface area contributed by atoms with Crippen LogP contribution in [0.4, 0.5) is 10.5 Å². The lowest BCUT2D eigenvalue weighted by Gasteiger charge is -2.02. The maximum absolute atomic E-state index is 11.0. The van der Waals surface area contributed by atoms with Crippen LogP contribution in [0.1, 0.15) is 10.4 Å². The Morgan fingerprint density at radius 3 is 2.29 bits per heavy atom. The van der Waals surface area contributed by atoms with Gasteiger partial charge in [0.05, 0.1) is 12.7 Å². The van der Waals surface area contributed by atoms with Crippen LogP contribution in [-0.2, 0) is 4.74 Å². The zero-order valence-corrected chi connectivity index (χ0v) is 8.38. The monoisotopic (exact) mass is 211 g/mol. The number of hydrogen-bond donors (Lipinski definition) is 2. The van der Waals surface area contributed by atoms with Crippen LogP contribution in [0.15, 0.2) is 24.3 Å². The number of esters is 1. The SMILES string of the molecule is COC(=O)c1ccc(NC(=O)S)cc1. The van der Waals surface area contributed by atoms with Crippen LogP contribution in [-0.4, -0.2) is 18.3 Å². The predicted molar refractivity (Wildman–Crippen MR) is 55.8 cm³/mol. The first-order valence-electron chi connectivity index (χ1n) is 3.82. The minimum atomic E-state index is -0.448. The Morgan fingerprint density at radius 1 is 1.29 bits per heavy atom. The number of methoxy groups -OCH3 is 1. The first-order chi connectivity index (χ1) is 6.63. The number of rotatable bonds is 2. The van der Waals surface area contributed by atoms with Crippen LogP contribution < -0.4 is 5.32 Å². The number of anilines is 1. The highest BCUT2D eigenvalue weighted by Crippen LogP contribution is 2.10. The van der Waals surface area contributed by atoms with Crippen molar-refractivity contribution in [2.24, 2.45) is 0 Å². The number of thiol groups is 1. The first kappa shape index (κ1) is 10.6. The second kappa shape index (κ2) is 4.66. The van der Waals surface area contributed by atoms with Gasteiger partial charge in [0, 0.05) is 5.69 Å². The molecule has 4 nitrogen and oxygen atoms in total. The van der Waals surface area contributed by atoms with Crippen LogP contribution in [0.3, 0.4) is 0 Å². The van der Waals surface area contributed by atoms with Crippen molar-refractivity contribution >= 4 is 29.5 Å². The highest BCUT2D eigenvalue weighted by molar-refractivity contribution is 7.96. The van der Waals surface area contributed by atoms with E-state index in [9.17, 15) is 9.59 Å². The summed E-state index contributed by atoms with van der Waals surface area (Å²) in [5.74, 6) is -0.409. The molecule has 14 heavy (non-hydrogen) atoms. The quantitative estimate of drug-likeness (QED) is 0.580. The number of amides is 1. The van der Waals surface area contributed by atoms with Gasteiger partial charge in [0.25, 0.3) is 5.24 Å². The molecular formula is C9H9NO3S. The normalized spacial score (nSPS) is 9.29. The predicted octanol–water partition coefficient (Wildman–Crippen LogP) is 1.93. The number of nitrogens with one attached hydrogen (secondary N) is 1. The molecule has 1 aromatic carbocycles. The summed E-state index contributed by atoms with van der Waals surface area (Å²) in [6.07, 6.45) is 0. The molecule has 0 aliphatic heterocycles. The van der Waals surface area contributed by atoms with Gasteiger partial charge in [0.1, 0.15) is 0 Å². The minimum Gasteiger partial charge on any atom is -0.465 e. The fraction of sp³-hybridized carbons (Fsp3) is 0.111. The molecule has 5 heteroatoms. The van der Waals surface area contributed by atoms with Crippen LogP contribution in [0.2, 0.25) is 0 Å². The van der Waals surface area contributed by atoms with Gasteiger partial charge in [0.2, 0.25) is 0 Å². The van der Waals surface area contributed by atoms with Gasteiger partial charge in [-0.25, -0.2) is 4.79 Å². The summed E-state index contributed by atoms with van der Waals surface area (Å²) < 4.78 is 4.52. The van der Waals surface area contributed by atoms with Crippen molar-refractivity contribution in [1.29, 1.82) is 0 Å². The van der Waals surface area contributed by atoms with Crippen molar-refractivity contribution < 1.29 is 14.3 Å². The van der Waals surface area contributed by atoms with E-state index in [4.69, 9.17) is 0 Å². The molecule has 0 aliphatic rings. The Morgan fingerprint density at radius 2 is 1.86 bits per heavy atom. The van der Waals surface area contributed by atoms with E-state index in [0.29, 0.717) is 11.3 Å². The molecule has 1 amide bonds. The number of ether oxygens (including phenoxy) is 1. The van der Waals surface area contributed by atoms with Gasteiger partial charge < -0.3 is 10.1 Å². The average molecular weight is 211 g/mol. The molecule has 1 N–H and O–H groups in total. The third-order valence-electron chi connectivity index (χ3n) is 1.56. The molecule has 0 saturated carbocycles. The molecule has 0 heterocycles. The summed E-state index contributed by atoms with van der Waals surface area (Å²) in [6, 6.07) is 6.32. The summed E-state index contributed by atoms with van der Waals surface area (Å²) in [7, 11) is 1.31. The molecule has 0 aromatic heterocycles. The number of hydrogen-bond acceptors (Lipinski definition) is 3. The second-order valence-electron chi connectivity index (χ2n) is 2.50. The molecule has 0 unspecified atom stereocenters. The lowest BCUT2D eigenvalue weighted by atomic mass is 10.2. The Kier molecular flexibility index (Phi) is 3.53. The van der Waals surface area contributed by atoms with E-state index in [0.717, 1.165) is 0 Å². The van der Waals surface area contributed by atoms with Crippen molar-refractivity contribution in [3.8, 4) is 0 Å². The van der Waals surface area contributed by atoms with Crippen molar-refractivity contribution in [1.82, 2.24) is 0 Å². The van der Waals surface area contributed by atoms with Gasteiger partial charge in [-0.15, -0.1) is 0 Å². The third-order valence-corrected chi connectivity index (χ3v) is 1.67. The van der Waals surface area contributed by atoms with E-state index in [2.05, 4.69) is 22.7 Å². The van der Waals surface area contributed by atoms with E-state index >= 15 is 0 Å². The summed E-state index contributed by atoms with van der Waals surface area (Å²) in [4.78, 5) is 21.6. The second-order valence-corrected chi connectivity index (χ2v) is 2.91. The Labute approximate surface area is 86.7 Å². The fourth-order valence-electron chi connectivity index (χ4n) is 0.931. The van der Waals surface area contributed by atoms with Crippen molar-refractivity contribution in [2.75, 3.05) is 12.4 Å². The standard InChI is InChI=1S/C9H9NO3S/c1-13-8(11)6-2-4-7(5-3-6)10-9(12)14/h2-5H,1H3,(H2,10,12,14). The zero-order chi connectivity index (χ0) is 10.6. The fourth-order valence-corrected chi connectivity index (χ4v) is 1.06. The first-order valence-corrected chi connectivity index (χ1v) is 4.26. The molecule has 0 bridgehead atoms. The van der Waals surface area contributed by atoms with Gasteiger partial charge in [-0.05, 0) is 24.3 Å². The lowest BCUT2D eigenvalue weighted by Crippen LogP contribution is -2.03. The Hall–Kier alpha value is -1.49. The molecule has 1 aromatic rings. The summed E-state index contributed by atoms with van der Waals surface area (Å²) in [6.45, 7) is 0. The van der Waals surface area contributed by atoms with Crippen molar-refractivity contribution in [3.63, 3.8) is 0 Å². The molecule has 1 rings (SSSR count). The third kappa shape index (κ3) is 2.77. The topological polar surface area (TPSA) is 55.4 Å². The van der Waals surface area contributed by atoms with Gasteiger partial charge in [-0.1, -0.05) is 12.6 Å². The van der Waals surface area contributed by atoms with E-state index in [1.54, 1.807) is 24.3 Å². The summed E-state index contributed by atoms with van der Waals surface area (Å²) in [5, 5.41) is 2.01. The van der Waals surface area contributed by atoms with Gasteiger partial charge in [-0.3, -0.25) is 4.79 Å². The molecule has 0 atom stereocenters. The molecule has 74 valence electrons. The molecule has 0 spiro atoms. The van der Waals surface area contributed by atoms with Crippen LogP contribution >= 0.6 is 12.6 Å². The molecular weight excluding hydrogens is 202 g/mol. The maximum atomic E-state index is 11.0. The average Bonchev–Trinajstić information content (AvgIpc) is 2.17. The molecule has 0 radical (unpaired) electrons. The van der Waals surface area contributed by atoms with Crippen LogP contribution in [0.25, 0.3) is 0 Å². The largest absolute Gasteiger partial charge is 0.465 e. The lowest BCUT2D eigenvalue weighted by molar-refractivity contribution is 0.0601. The summed E-state index contributed by atoms with van der Waals surface area (Å²) in [5.41, 5.74) is 1.02. The number of carbonyl (C=O) groups excluding carboxylic acids is 2.